The van der Waals surface area contributed by atoms with Crippen LogP contribution in [0.5, 0.6) is 23.0 Å². The van der Waals surface area contributed by atoms with Gasteiger partial charge in [0.05, 0.1) is 39.0 Å². The number of likely N-dealkylation sites (N-methyl/N-ethyl adjacent to an activating group) is 1. The van der Waals surface area contributed by atoms with E-state index in [0.717, 1.165) is 9.87 Å². The number of rotatable bonds is 15. The number of nitrogens with zero attached hydrogens (tertiary/aromatic N) is 2. The lowest BCUT2D eigenvalue weighted by Crippen LogP contribution is -2.52. The first-order chi connectivity index (χ1) is 20.6. The van der Waals surface area contributed by atoms with Gasteiger partial charge in [-0.1, -0.05) is 37.3 Å². The number of ether oxygens (including phenoxy) is 4. The summed E-state index contributed by atoms with van der Waals surface area (Å²) in [6.07, 6.45) is 0.788. The molecule has 0 fully saturated rings. The van der Waals surface area contributed by atoms with Crippen molar-refractivity contribution < 1.29 is 37.0 Å². The van der Waals surface area contributed by atoms with E-state index in [0.29, 0.717) is 24.3 Å². The molecular formula is C31H39N3O8S. The van der Waals surface area contributed by atoms with Gasteiger partial charge in [0, 0.05) is 25.7 Å². The average molecular weight is 614 g/mol. The molecule has 0 spiro atoms. The van der Waals surface area contributed by atoms with Crippen LogP contribution in [-0.2, 0) is 26.0 Å². The Bertz CT molecular complexity index is 1500. The van der Waals surface area contributed by atoms with E-state index in [1.54, 1.807) is 19.1 Å². The van der Waals surface area contributed by atoms with Crippen molar-refractivity contribution >= 4 is 27.5 Å². The summed E-state index contributed by atoms with van der Waals surface area (Å²) in [4.78, 5) is 28.3. The number of amides is 2. The number of methoxy groups -OCH3 is 4. The molecule has 11 nitrogen and oxygen atoms in total. The molecule has 1 unspecified atom stereocenters. The summed E-state index contributed by atoms with van der Waals surface area (Å²) in [6, 6.07) is 17.5. The molecule has 0 bridgehead atoms. The summed E-state index contributed by atoms with van der Waals surface area (Å²) in [6.45, 7) is 1.36. The molecule has 3 aromatic rings. The molecule has 2 amide bonds. The maximum Gasteiger partial charge on any atom is 0.265 e. The van der Waals surface area contributed by atoms with Gasteiger partial charge >= 0.3 is 0 Å². The number of hydrogen-bond acceptors (Lipinski definition) is 8. The lowest BCUT2D eigenvalue weighted by molar-refractivity contribution is -0.139. The van der Waals surface area contributed by atoms with Crippen molar-refractivity contribution in [3.63, 3.8) is 0 Å². The summed E-state index contributed by atoms with van der Waals surface area (Å²) in [5.74, 6) is 0.173. The lowest BCUT2D eigenvalue weighted by Gasteiger charge is -2.33. The fourth-order valence-corrected chi connectivity index (χ4v) is 6.10. The van der Waals surface area contributed by atoms with Crippen molar-refractivity contribution in [2.75, 3.05) is 52.9 Å². The summed E-state index contributed by atoms with van der Waals surface area (Å²) < 4.78 is 51.1. The number of carbonyl (C=O) groups is 2. The molecule has 0 aliphatic carbocycles. The summed E-state index contributed by atoms with van der Waals surface area (Å²) in [5, 5.41) is 2.62. The van der Waals surface area contributed by atoms with Gasteiger partial charge in [0.2, 0.25) is 11.8 Å². The highest BCUT2D eigenvalue weighted by Gasteiger charge is 2.35. The van der Waals surface area contributed by atoms with Gasteiger partial charge in [0.1, 0.15) is 24.1 Å². The molecule has 0 saturated heterocycles. The van der Waals surface area contributed by atoms with E-state index in [2.05, 4.69) is 5.32 Å². The largest absolute Gasteiger partial charge is 0.497 e. The highest BCUT2D eigenvalue weighted by molar-refractivity contribution is 7.92. The molecule has 0 saturated carbocycles. The van der Waals surface area contributed by atoms with E-state index in [4.69, 9.17) is 18.9 Å². The van der Waals surface area contributed by atoms with Gasteiger partial charge in [-0.25, -0.2) is 8.42 Å². The minimum absolute atomic E-state index is 0.0842. The molecule has 0 aliphatic rings. The minimum atomic E-state index is -4.41. The van der Waals surface area contributed by atoms with Crippen LogP contribution in [0, 0.1) is 0 Å². The Morgan fingerprint density at radius 3 is 2.07 bits per heavy atom. The summed E-state index contributed by atoms with van der Waals surface area (Å²) >= 11 is 0. The Balaban J connectivity index is 2.15. The van der Waals surface area contributed by atoms with Crippen molar-refractivity contribution in [2.24, 2.45) is 0 Å². The number of benzene rings is 3. The number of sulfonamides is 1. The predicted molar refractivity (Wildman–Crippen MR) is 164 cm³/mol. The molecule has 0 aliphatic heterocycles. The van der Waals surface area contributed by atoms with Crippen LogP contribution in [0.15, 0.2) is 71.6 Å². The molecule has 232 valence electrons. The smallest absolute Gasteiger partial charge is 0.265 e. The van der Waals surface area contributed by atoms with Crippen molar-refractivity contribution in [1.82, 2.24) is 10.2 Å². The monoisotopic (exact) mass is 613 g/mol. The molecule has 0 heterocycles. The molecule has 12 heteroatoms. The third kappa shape index (κ3) is 7.69. The topological polar surface area (TPSA) is 124 Å². The van der Waals surface area contributed by atoms with Gasteiger partial charge in [-0.3, -0.25) is 13.9 Å². The highest BCUT2D eigenvalue weighted by Crippen LogP contribution is 2.37. The third-order valence-electron chi connectivity index (χ3n) is 6.99. The van der Waals surface area contributed by atoms with Crippen molar-refractivity contribution in [1.29, 1.82) is 0 Å². The van der Waals surface area contributed by atoms with Crippen molar-refractivity contribution in [3.8, 4) is 23.0 Å². The van der Waals surface area contributed by atoms with Gasteiger partial charge in [-0.15, -0.1) is 0 Å². The van der Waals surface area contributed by atoms with Gasteiger partial charge in [-0.2, -0.15) is 0 Å². The van der Waals surface area contributed by atoms with Crippen LogP contribution in [0.25, 0.3) is 0 Å². The molecule has 3 aromatic carbocycles. The Hall–Kier alpha value is -4.45. The fourth-order valence-electron chi connectivity index (χ4n) is 4.67. The number of nitrogens with one attached hydrogen (secondary N) is 1. The Morgan fingerprint density at radius 2 is 1.49 bits per heavy atom. The van der Waals surface area contributed by atoms with Gasteiger partial charge in [0.25, 0.3) is 10.0 Å². The first-order valence-corrected chi connectivity index (χ1v) is 15.1. The second kappa shape index (κ2) is 15.1. The van der Waals surface area contributed by atoms with E-state index >= 15 is 0 Å². The molecular weight excluding hydrogens is 574 g/mol. The highest BCUT2D eigenvalue weighted by atomic mass is 32.2. The second-order valence-corrected chi connectivity index (χ2v) is 11.3. The lowest BCUT2D eigenvalue weighted by atomic mass is 10.1. The van der Waals surface area contributed by atoms with Crippen LogP contribution in [-0.4, -0.2) is 79.8 Å². The Labute approximate surface area is 253 Å². The molecule has 1 N–H and O–H groups in total. The fraction of sp³-hybridized carbons (Fsp3) is 0.355. The maximum atomic E-state index is 14.3. The van der Waals surface area contributed by atoms with E-state index < -0.39 is 28.5 Å². The quantitative estimate of drug-likeness (QED) is 0.276. The average Bonchev–Trinajstić information content (AvgIpc) is 3.04. The predicted octanol–water partition coefficient (Wildman–Crippen LogP) is 3.51. The zero-order valence-corrected chi connectivity index (χ0v) is 26.1. The summed E-state index contributed by atoms with van der Waals surface area (Å²) in [5.41, 5.74) is 1.05. The van der Waals surface area contributed by atoms with Crippen molar-refractivity contribution in [2.45, 2.75) is 30.7 Å². The molecule has 1 atom stereocenters. The van der Waals surface area contributed by atoms with Crippen LogP contribution in [0.2, 0.25) is 0 Å². The van der Waals surface area contributed by atoms with Crippen LogP contribution >= 0.6 is 0 Å². The molecule has 43 heavy (non-hydrogen) atoms. The number of hydrogen-bond donors (Lipinski definition) is 1. The molecule has 0 aromatic heterocycles. The zero-order valence-electron chi connectivity index (χ0n) is 25.3. The first kappa shape index (κ1) is 33.1. The second-order valence-electron chi connectivity index (χ2n) is 9.43. The van der Waals surface area contributed by atoms with E-state index in [1.807, 2.05) is 30.3 Å². The van der Waals surface area contributed by atoms with E-state index in [1.165, 1.54) is 64.7 Å². The maximum absolute atomic E-state index is 14.3. The standard InChI is InChI=1S/C31H39N3O8S/c1-7-25(31(36)32-2)33(18-17-22-11-9-8-10-12-22)30(35)21-34(26-19-23(39-3)13-15-27(26)40-4)43(37,38)24-14-16-28(41-5)29(20-24)42-6/h8-16,19-20,25H,7,17-18,21H2,1-6H3,(H,32,36). The Kier molecular flexibility index (Phi) is 11.6. The SMILES string of the molecule is CCC(C(=O)NC)N(CCc1ccccc1)C(=O)CN(c1cc(OC)ccc1OC)S(=O)(=O)c1ccc(OC)c(OC)c1. The van der Waals surface area contributed by atoms with Gasteiger partial charge in [-0.05, 0) is 42.7 Å². The van der Waals surface area contributed by atoms with Gasteiger partial charge < -0.3 is 29.2 Å². The van der Waals surface area contributed by atoms with Gasteiger partial charge in [0.15, 0.2) is 11.5 Å². The van der Waals surface area contributed by atoms with E-state index in [9.17, 15) is 18.0 Å². The third-order valence-corrected chi connectivity index (χ3v) is 8.75. The Morgan fingerprint density at radius 1 is 0.837 bits per heavy atom. The first-order valence-electron chi connectivity index (χ1n) is 13.7. The van der Waals surface area contributed by atoms with Crippen LogP contribution in [0.4, 0.5) is 5.69 Å². The van der Waals surface area contributed by atoms with Crippen LogP contribution in [0.1, 0.15) is 18.9 Å². The normalized spacial score (nSPS) is 11.7. The van der Waals surface area contributed by atoms with E-state index in [-0.39, 0.29) is 34.5 Å². The molecule has 3 rings (SSSR count). The minimum Gasteiger partial charge on any atom is -0.497 e. The van der Waals surface area contributed by atoms with Crippen LogP contribution in [0.3, 0.4) is 0 Å². The van der Waals surface area contributed by atoms with Crippen molar-refractivity contribution in [3.05, 3.63) is 72.3 Å². The van der Waals surface area contributed by atoms with Crippen LogP contribution < -0.4 is 28.6 Å². The number of anilines is 1. The zero-order chi connectivity index (χ0) is 31.6. The molecule has 0 radical (unpaired) electrons. The number of carbonyl (C=O) groups excluding carboxylic acids is 2. The summed E-state index contributed by atoms with van der Waals surface area (Å²) in [7, 11) is 2.78.